The molecular weight excluding hydrogens is 649 g/mol. The summed E-state index contributed by atoms with van der Waals surface area (Å²) >= 11 is 1.62. The van der Waals surface area contributed by atoms with Crippen molar-refractivity contribution < 1.29 is 29.0 Å². The van der Waals surface area contributed by atoms with Crippen LogP contribution in [0.1, 0.15) is 132 Å². The van der Waals surface area contributed by atoms with E-state index in [1.807, 2.05) is 16.8 Å². The zero-order valence-electron chi connectivity index (χ0n) is 31.8. The Morgan fingerprint density at radius 1 is 0.980 bits per heavy atom. The second-order valence-corrected chi connectivity index (χ2v) is 19.7. The van der Waals surface area contributed by atoms with Gasteiger partial charge in [-0.25, -0.2) is 4.79 Å². The number of fused-ring (bicyclic) bond motifs is 7. The van der Waals surface area contributed by atoms with Crippen LogP contribution in [-0.4, -0.2) is 40.5 Å². The number of esters is 1. The van der Waals surface area contributed by atoms with Gasteiger partial charge in [-0.05, 0) is 139 Å². The van der Waals surface area contributed by atoms with Gasteiger partial charge in [0.1, 0.15) is 6.10 Å². The zero-order valence-corrected chi connectivity index (χ0v) is 32.6. The molecular formula is C41H60N2O6S. The van der Waals surface area contributed by atoms with Crippen molar-refractivity contribution >= 4 is 35.1 Å². The van der Waals surface area contributed by atoms with Gasteiger partial charge in [-0.15, -0.1) is 0 Å². The molecule has 8 nitrogen and oxygen atoms in total. The van der Waals surface area contributed by atoms with Crippen LogP contribution in [0.2, 0.25) is 0 Å². The fourth-order valence-electron chi connectivity index (χ4n) is 12.4. The normalized spacial score (nSPS) is 37.7. The number of nitrogens with one attached hydrogen (secondary N) is 2. The van der Waals surface area contributed by atoms with Gasteiger partial charge in [-0.1, -0.05) is 48.5 Å². The number of Topliss-reactive ketones (excluding diaryl/α,β-unsaturated/α-hetero) is 1. The Kier molecular flexibility index (Phi) is 9.26. The van der Waals surface area contributed by atoms with Gasteiger partial charge in [0, 0.05) is 18.4 Å². The molecule has 4 fully saturated rings. The molecule has 5 aliphatic carbocycles. The van der Waals surface area contributed by atoms with E-state index in [1.165, 1.54) is 5.57 Å². The maximum absolute atomic E-state index is 13.9. The van der Waals surface area contributed by atoms with Crippen LogP contribution in [0.5, 0.6) is 0 Å². The molecule has 0 saturated heterocycles. The highest BCUT2D eigenvalue weighted by Gasteiger charge is 2.70. The molecule has 0 aliphatic heterocycles. The standard InChI is InChI=1S/C41H60N2O6S/c1-24(2)32-27(44)20-41(43-35(48)42-22-25-14-19-50-23-25)18-17-39(8)26(33(32)41)10-11-29-38(7)15-13-30(49-31(45)21-36(3,4)34(46)47)37(5,6)28(38)12-16-40(29,39)9/h14,19,23-24,26,28-30H,10-13,15-18,20-22H2,1-9H3,(H,46,47)(H2,42,43,48)/t26?,28?,29?,30-,38-,39+,40+,41?/m0/s1. The van der Waals surface area contributed by atoms with Crippen molar-refractivity contribution in [1.82, 2.24) is 10.6 Å². The van der Waals surface area contributed by atoms with Gasteiger partial charge in [0.15, 0.2) is 5.78 Å². The number of thiophene rings is 1. The second kappa shape index (κ2) is 12.5. The molecule has 50 heavy (non-hydrogen) atoms. The van der Waals surface area contributed by atoms with Crippen LogP contribution in [0.15, 0.2) is 28.0 Å². The monoisotopic (exact) mass is 708 g/mol. The fraction of sp³-hybridized carbons (Fsp3) is 0.756. The lowest BCUT2D eigenvalue weighted by molar-refractivity contribution is -0.232. The molecule has 0 bridgehead atoms. The summed E-state index contributed by atoms with van der Waals surface area (Å²) in [7, 11) is 0. The first-order valence-electron chi connectivity index (χ1n) is 19.0. The smallest absolute Gasteiger partial charge is 0.315 e. The van der Waals surface area contributed by atoms with Crippen LogP contribution in [0, 0.1) is 50.7 Å². The van der Waals surface area contributed by atoms with Crippen molar-refractivity contribution in [3.63, 3.8) is 0 Å². The summed E-state index contributed by atoms with van der Waals surface area (Å²) < 4.78 is 6.15. The van der Waals surface area contributed by atoms with Crippen molar-refractivity contribution in [3.05, 3.63) is 33.5 Å². The number of allylic oxidation sites excluding steroid dienone is 1. The first kappa shape index (κ1) is 37.1. The van der Waals surface area contributed by atoms with Gasteiger partial charge in [0.2, 0.25) is 0 Å². The van der Waals surface area contributed by atoms with Crippen LogP contribution in [0.4, 0.5) is 4.79 Å². The predicted molar refractivity (Wildman–Crippen MR) is 195 cm³/mol. The summed E-state index contributed by atoms with van der Waals surface area (Å²) in [6.45, 7) is 20.0. The van der Waals surface area contributed by atoms with E-state index in [9.17, 15) is 24.3 Å². The number of hydrogen-bond acceptors (Lipinski definition) is 6. The Labute approximate surface area is 303 Å². The van der Waals surface area contributed by atoms with E-state index >= 15 is 0 Å². The van der Waals surface area contributed by atoms with Gasteiger partial charge in [0.05, 0.1) is 17.4 Å². The largest absolute Gasteiger partial charge is 0.481 e. The Morgan fingerprint density at radius 3 is 2.34 bits per heavy atom. The van der Waals surface area contributed by atoms with Crippen molar-refractivity contribution in [1.29, 1.82) is 0 Å². The van der Waals surface area contributed by atoms with Crippen LogP contribution < -0.4 is 10.6 Å². The van der Waals surface area contributed by atoms with Crippen molar-refractivity contribution in [3.8, 4) is 0 Å². The summed E-state index contributed by atoms with van der Waals surface area (Å²) in [6.07, 6.45) is 7.62. The van der Waals surface area contributed by atoms with E-state index in [4.69, 9.17) is 4.74 Å². The van der Waals surface area contributed by atoms with Crippen molar-refractivity contribution in [2.24, 2.45) is 50.7 Å². The summed E-state index contributed by atoms with van der Waals surface area (Å²) in [5, 5.41) is 20.1. The highest BCUT2D eigenvalue weighted by atomic mass is 32.1. The number of hydrogen-bond donors (Lipinski definition) is 3. The minimum absolute atomic E-state index is 0.0296. The van der Waals surface area contributed by atoms with Crippen LogP contribution >= 0.6 is 11.3 Å². The number of carbonyl (C=O) groups excluding carboxylic acids is 3. The maximum Gasteiger partial charge on any atom is 0.315 e. The molecule has 0 radical (unpaired) electrons. The molecule has 8 atom stereocenters. The van der Waals surface area contributed by atoms with E-state index in [1.54, 1.807) is 25.2 Å². The van der Waals surface area contributed by atoms with E-state index < -0.39 is 22.9 Å². The lowest BCUT2D eigenvalue weighted by atomic mass is 9.33. The summed E-state index contributed by atoms with van der Waals surface area (Å²) in [6, 6.07) is 1.82. The first-order valence-corrected chi connectivity index (χ1v) is 19.9. The van der Waals surface area contributed by atoms with E-state index in [0.717, 1.165) is 62.5 Å². The molecule has 1 aromatic rings. The number of carboxylic acid groups (broad SMARTS) is 1. The Morgan fingerprint density at radius 2 is 1.70 bits per heavy atom. The number of ether oxygens (including phenoxy) is 1. The number of rotatable bonds is 8. The second-order valence-electron chi connectivity index (χ2n) is 18.9. The average Bonchev–Trinajstić information content (AvgIpc) is 3.63. The van der Waals surface area contributed by atoms with E-state index in [-0.39, 0.29) is 57.8 Å². The number of carboxylic acids is 1. The number of aliphatic carboxylic acids is 1. The number of urea groups is 1. The Hall–Kier alpha value is -2.68. The van der Waals surface area contributed by atoms with Gasteiger partial charge in [-0.3, -0.25) is 14.4 Å². The molecule has 1 heterocycles. The molecule has 0 aromatic carbocycles. The fourth-order valence-corrected chi connectivity index (χ4v) is 13.1. The Balaban J connectivity index is 1.27. The highest BCUT2D eigenvalue weighted by Crippen LogP contribution is 2.76. The SMILES string of the molecule is CC(C)C1=C2C3CCC4[C@@]5(C)CC[C@H](OC(=O)CC(C)(C)C(=O)O)C(C)(C)C5CC[C@@]4(C)[C@]3(C)CCC2(NC(=O)NCc2ccsc2)CC1=O. The van der Waals surface area contributed by atoms with Gasteiger partial charge >= 0.3 is 18.0 Å². The third-order valence-corrected chi connectivity index (χ3v) is 15.9. The molecule has 2 amide bonds. The predicted octanol–water partition coefficient (Wildman–Crippen LogP) is 8.69. The lowest BCUT2D eigenvalue weighted by Gasteiger charge is -2.72. The van der Waals surface area contributed by atoms with Gasteiger partial charge in [0.25, 0.3) is 0 Å². The lowest BCUT2D eigenvalue weighted by Crippen LogP contribution is -2.67. The summed E-state index contributed by atoms with van der Waals surface area (Å²) in [4.78, 5) is 52.2. The molecule has 5 aliphatic rings. The third kappa shape index (κ3) is 5.67. The average molecular weight is 709 g/mol. The first-order chi connectivity index (χ1) is 23.2. The Bertz CT molecular complexity index is 1580. The molecule has 276 valence electrons. The molecule has 3 N–H and O–H groups in total. The molecule has 0 spiro atoms. The third-order valence-electron chi connectivity index (χ3n) is 15.2. The number of ketones is 1. The van der Waals surface area contributed by atoms with Crippen LogP contribution in [-0.2, 0) is 25.7 Å². The van der Waals surface area contributed by atoms with Crippen molar-refractivity contribution in [2.45, 2.75) is 145 Å². The van der Waals surface area contributed by atoms with E-state index in [2.05, 4.69) is 59.1 Å². The van der Waals surface area contributed by atoms with E-state index in [0.29, 0.717) is 24.8 Å². The molecule has 1 aromatic heterocycles. The summed E-state index contributed by atoms with van der Waals surface area (Å²) in [5.41, 5.74) is 1.28. The van der Waals surface area contributed by atoms with Crippen LogP contribution in [0.3, 0.4) is 0 Å². The number of carbonyl (C=O) groups is 4. The van der Waals surface area contributed by atoms with Gasteiger partial charge < -0.3 is 20.5 Å². The molecule has 4 saturated carbocycles. The zero-order chi connectivity index (χ0) is 36.7. The summed E-state index contributed by atoms with van der Waals surface area (Å²) in [5.74, 6) is -0.0627. The minimum Gasteiger partial charge on any atom is -0.481 e. The molecule has 6 rings (SSSR count). The maximum atomic E-state index is 13.9. The number of amides is 2. The molecule has 9 heteroatoms. The van der Waals surface area contributed by atoms with Crippen molar-refractivity contribution in [2.75, 3.05) is 0 Å². The van der Waals surface area contributed by atoms with Crippen LogP contribution in [0.25, 0.3) is 0 Å². The molecule has 4 unspecified atom stereocenters. The minimum atomic E-state index is -1.17. The highest BCUT2D eigenvalue weighted by molar-refractivity contribution is 7.07. The van der Waals surface area contributed by atoms with Gasteiger partial charge in [-0.2, -0.15) is 11.3 Å². The topological polar surface area (TPSA) is 122 Å². The quantitative estimate of drug-likeness (QED) is 0.232.